The summed E-state index contributed by atoms with van der Waals surface area (Å²) < 4.78 is 13.1. The zero-order chi connectivity index (χ0) is 21.3. The van der Waals surface area contributed by atoms with E-state index in [0.29, 0.717) is 17.2 Å². The third-order valence-corrected chi connectivity index (χ3v) is 5.74. The molecule has 0 spiro atoms. The van der Waals surface area contributed by atoms with Gasteiger partial charge in [0.25, 0.3) is 0 Å². The van der Waals surface area contributed by atoms with Crippen LogP contribution < -0.4 is 16.0 Å². The molecule has 0 aliphatic heterocycles. The van der Waals surface area contributed by atoms with E-state index in [4.69, 9.17) is 12.2 Å². The van der Waals surface area contributed by atoms with Crippen LogP contribution in [0.3, 0.4) is 0 Å². The molecule has 154 valence electrons. The zero-order valence-corrected chi connectivity index (χ0v) is 18.0. The lowest BCUT2D eigenvalue weighted by Crippen LogP contribution is -2.24. The highest BCUT2D eigenvalue weighted by atomic mass is 32.2. The van der Waals surface area contributed by atoms with Crippen LogP contribution in [0.1, 0.15) is 13.3 Å². The first kappa shape index (κ1) is 21.8. The van der Waals surface area contributed by atoms with Crippen LogP contribution in [0.25, 0.3) is 0 Å². The summed E-state index contributed by atoms with van der Waals surface area (Å²) in [7, 11) is 0. The van der Waals surface area contributed by atoms with E-state index in [0.717, 1.165) is 16.3 Å². The highest BCUT2D eigenvalue weighted by molar-refractivity contribution is 8.00. The fourth-order valence-corrected chi connectivity index (χ4v) is 3.95. The molecule has 1 amide bonds. The van der Waals surface area contributed by atoms with Crippen molar-refractivity contribution in [2.45, 2.75) is 23.5 Å². The van der Waals surface area contributed by atoms with Gasteiger partial charge in [-0.1, -0.05) is 31.2 Å². The number of amides is 1. The molecule has 0 bridgehead atoms. The zero-order valence-electron chi connectivity index (χ0n) is 16.4. The molecule has 3 aromatic carbocycles. The molecule has 0 fully saturated rings. The summed E-state index contributed by atoms with van der Waals surface area (Å²) in [5, 5.41) is 9.36. The van der Waals surface area contributed by atoms with E-state index in [9.17, 15) is 9.18 Å². The summed E-state index contributed by atoms with van der Waals surface area (Å²) in [5.74, 6) is -0.452. The van der Waals surface area contributed by atoms with Gasteiger partial charge in [-0.25, -0.2) is 4.39 Å². The summed E-state index contributed by atoms with van der Waals surface area (Å²) in [5.41, 5.74) is 2.32. The van der Waals surface area contributed by atoms with Crippen molar-refractivity contribution >= 4 is 52.1 Å². The number of hydrogen-bond donors (Lipinski definition) is 3. The predicted molar refractivity (Wildman–Crippen MR) is 128 cm³/mol. The monoisotopic (exact) mass is 439 g/mol. The summed E-state index contributed by atoms with van der Waals surface area (Å²) in [6.07, 6.45) is 0.656. The average Bonchev–Trinajstić information content (AvgIpc) is 2.74. The Morgan fingerprint density at radius 1 is 0.900 bits per heavy atom. The molecule has 1 unspecified atom stereocenters. The van der Waals surface area contributed by atoms with Crippen LogP contribution in [0.5, 0.6) is 0 Å². The molecular formula is C23H22FN3OS2. The Morgan fingerprint density at radius 2 is 1.53 bits per heavy atom. The lowest BCUT2D eigenvalue weighted by atomic mass is 10.2. The molecule has 3 rings (SSSR count). The van der Waals surface area contributed by atoms with Gasteiger partial charge in [-0.05, 0) is 73.2 Å². The van der Waals surface area contributed by atoms with E-state index in [2.05, 4.69) is 16.0 Å². The lowest BCUT2D eigenvalue weighted by molar-refractivity contribution is -0.115. The van der Waals surface area contributed by atoms with E-state index in [1.807, 2.05) is 61.5 Å². The molecule has 30 heavy (non-hydrogen) atoms. The van der Waals surface area contributed by atoms with Crippen LogP contribution in [0.4, 0.5) is 21.5 Å². The Kier molecular flexibility index (Phi) is 7.82. The molecule has 0 aliphatic carbocycles. The minimum absolute atomic E-state index is 0.117. The quantitative estimate of drug-likeness (QED) is 0.305. The third kappa shape index (κ3) is 6.57. The highest BCUT2D eigenvalue weighted by Gasteiger charge is 2.18. The second-order valence-corrected chi connectivity index (χ2v) is 8.17. The Morgan fingerprint density at radius 3 is 2.23 bits per heavy atom. The van der Waals surface area contributed by atoms with Gasteiger partial charge in [-0.15, -0.1) is 11.8 Å². The number of carbonyl (C=O) groups excluding carboxylic acids is 1. The second-order valence-electron chi connectivity index (χ2n) is 6.48. The molecule has 0 saturated carbocycles. The number of hydrogen-bond acceptors (Lipinski definition) is 3. The van der Waals surface area contributed by atoms with Gasteiger partial charge in [-0.3, -0.25) is 4.79 Å². The van der Waals surface area contributed by atoms with Gasteiger partial charge < -0.3 is 16.0 Å². The summed E-state index contributed by atoms with van der Waals surface area (Å²) in [6, 6.07) is 23.2. The van der Waals surface area contributed by atoms with Crippen LogP contribution in [-0.2, 0) is 4.79 Å². The number of nitrogens with one attached hydrogen (secondary N) is 3. The van der Waals surface area contributed by atoms with E-state index in [-0.39, 0.29) is 17.0 Å². The average molecular weight is 440 g/mol. The van der Waals surface area contributed by atoms with E-state index in [1.165, 1.54) is 23.9 Å². The van der Waals surface area contributed by atoms with Crippen molar-refractivity contribution in [3.8, 4) is 0 Å². The maximum atomic E-state index is 13.1. The molecule has 0 saturated heterocycles. The van der Waals surface area contributed by atoms with Crippen LogP contribution >= 0.6 is 24.0 Å². The van der Waals surface area contributed by atoms with Gasteiger partial charge in [-0.2, -0.15) is 0 Å². The number of benzene rings is 3. The van der Waals surface area contributed by atoms with E-state index in [1.54, 1.807) is 12.1 Å². The molecule has 1 atom stereocenters. The van der Waals surface area contributed by atoms with Crippen molar-refractivity contribution in [3.63, 3.8) is 0 Å². The van der Waals surface area contributed by atoms with Gasteiger partial charge >= 0.3 is 0 Å². The normalized spacial score (nSPS) is 11.4. The standard InChI is InChI=1S/C23H22FN3OS2/c1-2-21(22(28)25-18-13-11-16(24)12-14-18)30-20-10-6-9-19(15-20)27-23(29)26-17-7-4-3-5-8-17/h3-15,21H,2H2,1H3,(H,25,28)(H2,26,27,29). The molecule has 0 aliphatic rings. The Labute approximate surface area is 185 Å². The maximum Gasteiger partial charge on any atom is 0.237 e. The van der Waals surface area contributed by atoms with Crippen molar-refractivity contribution in [1.82, 2.24) is 0 Å². The second kappa shape index (κ2) is 10.8. The van der Waals surface area contributed by atoms with Crippen molar-refractivity contribution in [2.24, 2.45) is 0 Å². The molecule has 0 radical (unpaired) electrons. The van der Waals surface area contributed by atoms with E-state index < -0.39 is 0 Å². The van der Waals surface area contributed by atoms with Crippen molar-refractivity contribution in [1.29, 1.82) is 0 Å². The van der Waals surface area contributed by atoms with Gasteiger partial charge in [0.05, 0.1) is 5.25 Å². The number of halogens is 1. The number of anilines is 3. The first-order valence-corrected chi connectivity index (χ1v) is 10.8. The Bertz CT molecular complexity index is 997. The van der Waals surface area contributed by atoms with Crippen molar-refractivity contribution in [2.75, 3.05) is 16.0 Å². The predicted octanol–water partition coefficient (Wildman–Crippen LogP) is 6.14. The third-order valence-electron chi connectivity index (χ3n) is 4.18. The molecule has 3 aromatic rings. The number of thiocarbonyl (C=S) groups is 1. The first-order chi connectivity index (χ1) is 14.5. The summed E-state index contributed by atoms with van der Waals surface area (Å²) in [4.78, 5) is 13.6. The van der Waals surface area contributed by atoms with Crippen molar-refractivity contribution in [3.05, 3.63) is 84.7 Å². The molecular weight excluding hydrogens is 417 g/mol. The number of rotatable bonds is 7. The maximum absolute atomic E-state index is 13.1. The van der Waals surface area contributed by atoms with E-state index >= 15 is 0 Å². The first-order valence-electron chi connectivity index (χ1n) is 9.49. The SMILES string of the molecule is CCC(Sc1cccc(NC(=S)Nc2ccccc2)c1)C(=O)Nc1ccc(F)cc1. The van der Waals surface area contributed by atoms with Crippen LogP contribution in [0.15, 0.2) is 83.8 Å². The Balaban J connectivity index is 1.60. The number of carbonyl (C=O) groups is 1. The lowest BCUT2D eigenvalue weighted by Gasteiger charge is -2.16. The fraction of sp³-hybridized carbons (Fsp3) is 0.130. The number of thioether (sulfide) groups is 1. The Hall–Kier alpha value is -2.90. The van der Waals surface area contributed by atoms with Gasteiger partial charge in [0, 0.05) is 22.0 Å². The van der Waals surface area contributed by atoms with Gasteiger partial charge in [0.15, 0.2) is 5.11 Å². The van der Waals surface area contributed by atoms with Crippen LogP contribution in [0.2, 0.25) is 0 Å². The topological polar surface area (TPSA) is 53.2 Å². The minimum atomic E-state index is -0.335. The number of para-hydroxylation sites is 1. The molecule has 3 N–H and O–H groups in total. The smallest absolute Gasteiger partial charge is 0.237 e. The molecule has 0 heterocycles. The van der Waals surface area contributed by atoms with Crippen LogP contribution in [0, 0.1) is 5.82 Å². The van der Waals surface area contributed by atoms with Crippen molar-refractivity contribution < 1.29 is 9.18 Å². The van der Waals surface area contributed by atoms with Crippen LogP contribution in [-0.4, -0.2) is 16.3 Å². The molecule has 4 nitrogen and oxygen atoms in total. The molecule has 0 aromatic heterocycles. The highest BCUT2D eigenvalue weighted by Crippen LogP contribution is 2.28. The van der Waals surface area contributed by atoms with Gasteiger partial charge in [0.1, 0.15) is 5.82 Å². The summed E-state index contributed by atoms with van der Waals surface area (Å²) in [6.45, 7) is 1.96. The largest absolute Gasteiger partial charge is 0.332 e. The minimum Gasteiger partial charge on any atom is -0.332 e. The fourth-order valence-electron chi connectivity index (χ4n) is 2.70. The molecule has 7 heteroatoms. The summed E-state index contributed by atoms with van der Waals surface area (Å²) >= 11 is 6.85. The van der Waals surface area contributed by atoms with Gasteiger partial charge in [0.2, 0.25) is 5.91 Å².